The summed E-state index contributed by atoms with van der Waals surface area (Å²) in [6, 6.07) is 0.871. The van der Waals surface area contributed by atoms with Crippen molar-refractivity contribution < 1.29 is 0 Å². The van der Waals surface area contributed by atoms with E-state index in [0.29, 0.717) is 0 Å². The maximum absolute atomic E-state index is 3.65. The second-order valence-electron chi connectivity index (χ2n) is 6.67. The molecule has 2 rings (SSSR count). The first-order valence-electron chi connectivity index (χ1n) is 7.66. The second-order valence-corrected chi connectivity index (χ2v) is 8.55. The SMILES string of the molecule is CC(C)CNCC1CCC1N1CC(C)SC(C)C1. The molecule has 0 aromatic rings. The molecule has 1 heterocycles. The molecule has 18 heavy (non-hydrogen) atoms. The van der Waals surface area contributed by atoms with Gasteiger partial charge in [-0.1, -0.05) is 27.7 Å². The Morgan fingerprint density at radius 2 is 1.83 bits per heavy atom. The first kappa shape index (κ1) is 14.7. The van der Waals surface area contributed by atoms with Crippen LogP contribution in [0.1, 0.15) is 40.5 Å². The normalized spacial score (nSPS) is 37.8. The summed E-state index contributed by atoms with van der Waals surface area (Å²) in [4.78, 5) is 2.77. The third kappa shape index (κ3) is 3.88. The molecule has 1 saturated carbocycles. The fraction of sp³-hybridized carbons (Fsp3) is 1.00. The van der Waals surface area contributed by atoms with Crippen LogP contribution in [0.4, 0.5) is 0 Å². The van der Waals surface area contributed by atoms with Crippen molar-refractivity contribution in [3.8, 4) is 0 Å². The van der Waals surface area contributed by atoms with Gasteiger partial charge in [0.2, 0.25) is 0 Å². The third-order valence-electron chi connectivity index (χ3n) is 4.25. The first-order chi connectivity index (χ1) is 8.56. The zero-order chi connectivity index (χ0) is 13.1. The molecule has 3 heteroatoms. The van der Waals surface area contributed by atoms with Gasteiger partial charge in [0.05, 0.1) is 0 Å². The van der Waals surface area contributed by atoms with Crippen molar-refractivity contribution in [2.45, 2.75) is 57.1 Å². The van der Waals surface area contributed by atoms with Crippen LogP contribution in [0.15, 0.2) is 0 Å². The van der Waals surface area contributed by atoms with Crippen molar-refractivity contribution in [2.75, 3.05) is 26.2 Å². The first-order valence-corrected chi connectivity index (χ1v) is 8.60. The van der Waals surface area contributed by atoms with Gasteiger partial charge in [0.25, 0.3) is 0 Å². The molecule has 1 aliphatic heterocycles. The Hall–Kier alpha value is 0.270. The predicted octanol–water partition coefficient (Wildman–Crippen LogP) is 2.84. The third-order valence-corrected chi connectivity index (χ3v) is 5.48. The largest absolute Gasteiger partial charge is 0.316 e. The lowest BCUT2D eigenvalue weighted by Gasteiger charge is -2.48. The van der Waals surface area contributed by atoms with E-state index in [4.69, 9.17) is 0 Å². The van der Waals surface area contributed by atoms with Crippen molar-refractivity contribution in [2.24, 2.45) is 11.8 Å². The average Bonchev–Trinajstić information content (AvgIpc) is 2.20. The van der Waals surface area contributed by atoms with Crippen molar-refractivity contribution in [3.63, 3.8) is 0 Å². The Labute approximate surface area is 117 Å². The predicted molar refractivity (Wildman–Crippen MR) is 82.3 cm³/mol. The van der Waals surface area contributed by atoms with Crippen LogP contribution >= 0.6 is 11.8 Å². The van der Waals surface area contributed by atoms with Crippen LogP contribution in [-0.4, -0.2) is 47.6 Å². The Morgan fingerprint density at radius 3 is 2.33 bits per heavy atom. The summed E-state index contributed by atoms with van der Waals surface area (Å²) >= 11 is 2.16. The Bertz CT molecular complexity index is 247. The molecule has 4 unspecified atom stereocenters. The maximum Gasteiger partial charge on any atom is 0.0149 e. The summed E-state index contributed by atoms with van der Waals surface area (Å²) in [5.41, 5.74) is 0. The number of nitrogens with zero attached hydrogens (tertiary/aromatic N) is 1. The van der Waals surface area contributed by atoms with Gasteiger partial charge < -0.3 is 5.32 Å². The quantitative estimate of drug-likeness (QED) is 0.827. The van der Waals surface area contributed by atoms with Crippen LogP contribution in [0.3, 0.4) is 0 Å². The van der Waals surface area contributed by atoms with E-state index in [1.54, 1.807) is 0 Å². The van der Waals surface area contributed by atoms with E-state index in [2.05, 4.69) is 49.7 Å². The number of nitrogens with one attached hydrogen (secondary N) is 1. The highest BCUT2D eigenvalue weighted by Crippen LogP contribution is 2.36. The van der Waals surface area contributed by atoms with Crippen molar-refractivity contribution in [3.05, 3.63) is 0 Å². The summed E-state index contributed by atoms with van der Waals surface area (Å²) in [5.74, 6) is 1.68. The summed E-state index contributed by atoms with van der Waals surface area (Å²) in [6.07, 6.45) is 2.86. The van der Waals surface area contributed by atoms with E-state index in [9.17, 15) is 0 Å². The number of rotatable bonds is 5. The molecule has 0 spiro atoms. The molecule has 2 nitrogen and oxygen atoms in total. The van der Waals surface area contributed by atoms with E-state index >= 15 is 0 Å². The summed E-state index contributed by atoms with van der Waals surface area (Å²) in [5, 5.41) is 5.28. The van der Waals surface area contributed by atoms with E-state index < -0.39 is 0 Å². The molecule has 106 valence electrons. The van der Waals surface area contributed by atoms with Gasteiger partial charge in [-0.05, 0) is 37.8 Å². The van der Waals surface area contributed by atoms with Gasteiger partial charge >= 0.3 is 0 Å². The molecule has 4 atom stereocenters. The summed E-state index contributed by atoms with van der Waals surface area (Å²) in [6.45, 7) is 14.4. The van der Waals surface area contributed by atoms with Crippen LogP contribution in [0, 0.1) is 11.8 Å². The molecule has 0 aromatic carbocycles. The van der Waals surface area contributed by atoms with Crippen LogP contribution in [-0.2, 0) is 0 Å². The number of hydrogen-bond acceptors (Lipinski definition) is 3. The highest BCUT2D eigenvalue weighted by atomic mass is 32.2. The van der Waals surface area contributed by atoms with E-state index in [1.807, 2.05) is 0 Å². The van der Waals surface area contributed by atoms with E-state index in [1.165, 1.54) is 39.0 Å². The van der Waals surface area contributed by atoms with Gasteiger partial charge in [-0.3, -0.25) is 4.90 Å². The number of hydrogen-bond donors (Lipinski definition) is 1. The highest BCUT2D eigenvalue weighted by molar-refractivity contribution is 8.00. The monoisotopic (exact) mass is 270 g/mol. The van der Waals surface area contributed by atoms with E-state index in [0.717, 1.165) is 28.4 Å². The Balaban J connectivity index is 1.75. The van der Waals surface area contributed by atoms with Crippen molar-refractivity contribution in [1.29, 1.82) is 0 Å². The maximum atomic E-state index is 3.65. The Morgan fingerprint density at radius 1 is 1.17 bits per heavy atom. The minimum atomic E-state index is 0.773. The molecule has 0 bridgehead atoms. The van der Waals surface area contributed by atoms with Crippen LogP contribution < -0.4 is 5.32 Å². The molecule has 1 N–H and O–H groups in total. The lowest BCUT2D eigenvalue weighted by atomic mass is 9.78. The van der Waals surface area contributed by atoms with Gasteiger partial charge in [0.1, 0.15) is 0 Å². The molecule has 0 aromatic heterocycles. The topological polar surface area (TPSA) is 15.3 Å². The zero-order valence-corrected chi connectivity index (χ0v) is 13.3. The van der Waals surface area contributed by atoms with Crippen LogP contribution in [0.25, 0.3) is 0 Å². The molecule has 1 aliphatic carbocycles. The molecule has 0 radical (unpaired) electrons. The fourth-order valence-electron chi connectivity index (χ4n) is 3.32. The molecule has 1 saturated heterocycles. The fourth-order valence-corrected chi connectivity index (χ4v) is 4.66. The highest BCUT2D eigenvalue weighted by Gasteiger charge is 2.37. The van der Waals surface area contributed by atoms with Crippen molar-refractivity contribution >= 4 is 11.8 Å². The summed E-state index contributed by atoms with van der Waals surface area (Å²) in [7, 11) is 0. The summed E-state index contributed by atoms with van der Waals surface area (Å²) < 4.78 is 0. The van der Waals surface area contributed by atoms with Gasteiger partial charge in [0, 0.05) is 29.6 Å². The van der Waals surface area contributed by atoms with Crippen LogP contribution in [0.5, 0.6) is 0 Å². The van der Waals surface area contributed by atoms with Gasteiger partial charge in [-0.2, -0.15) is 11.8 Å². The van der Waals surface area contributed by atoms with Crippen molar-refractivity contribution in [1.82, 2.24) is 10.2 Å². The smallest absolute Gasteiger partial charge is 0.0149 e. The Kier molecular flexibility index (Phi) is 5.40. The van der Waals surface area contributed by atoms with E-state index in [-0.39, 0.29) is 0 Å². The van der Waals surface area contributed by atoms with Gasteiger partial charge in [-0.15, -0.1) is 0 Å². The second kappa shape index (κ2) is 6.62. The van der Waals surface area contributed by atoms with Gasteiger partial charge in [-0.25, -0.2) is 0 Å². The lowest BCUT2D eigenvalue weighted by Crippen LogP contribution is -2.55. The zero-order valence-electron chi connectivity index (χ0n) is 12.5. The molecule has 2 fully saturated rings. The van der Waals surface area contributed by atoms with Gasteiger partial charge in [0.15, 0.2) is 0 Å². The van der Waals surface area contributed by atoms with Crippen LogP contribution in [0.2, 0.25) is 0 Å². The molecular formula is C15H30N2S. The average molecular weight is 270 g/mol. The standard InChI is InChI=1S/C15H30N2S/c1-11(2)7-16-8-14-5-6-15(14)17-9-12(3)18-13(4)10-17/h11-16H,5-10H2,1-4H3. The number of thioether (sulfide) groups is 1. The molecule has 0 amide bonds. The molecular weight excluding hydrogens is 240 g/mol. The lowest BCUT2D eigenvalue weighted by molar-refractivity contribution is 0.0602. The minimum absolute atomic E-state index is 0.773. The minimum Gasteiger partial charge on any atom is -0.316 e. The molecule has 2 aliphatic rings.